The fourth-order valence-electron chi connectivity index (χ4n) is 2.27. The molecule has 1 aromatic rings. The van der Waals surface area contributed by atoms with E-state index >= 15 is 0 Å². The van der Waals surface area contributed by atoms with Crippen LogP contribution in [0.5, 0.6) is 0 Å². The van der Waals surface area contributed by atoms with Gasteiger partial charge in [0.25, 0.3) is 0 Å². The molecule has 5 nitrogen and oxygen atoms in total. The van der Waals surface area contributed by atoms with Crippen LogP contribution < -0.4 is 11.1 Å². The molecule has 3 N–H and O–H groups in total. The standard InChI is InChI=1S/C14H21N3O2/c1-11-10-12(2-3-13(11)16-14(15)18)4-5-17-6-8-19-9-7-17/h2-3,10H,4-9H2,1H3,(H3,15,16,18). The number of carbonyl (C=O) groups is 1. The summed E-state index contributed by atoms with van der Waals surface area (Å²) in [5, 5.41) is 2.62. The van der Waals surface area contributed by atoms with Gasteiger partial charge in [-0.25, -0.2) is 4.79 Å². The normalized spacial score (nSPS) is 16.3. The second-order valence-electron chi connectivity index (χ2n) is 4.84. The van der Waals surface area contributed by atoms with Crippen LogP contribution in [-0.2, 0) is 11.2 Å². The van der Waals surface area contributed by atoms with Gasteiger partial charge in [-0.05, 0) is 30.5 Å². The number of hydrogen-bond donors (Lipinski definition) is 2. The minimum atomic E-state index is -0.524. The maximum atomic E-state index is 10.8. The lowest BCUT2D eigenvalue weighted by atomic mass is 10.1. The lowest BCUT2D eigenvalue weighted by Gasteiger charge is -2.26. The number of carbonyl (C=O) groups excluding carboxylic acids is 1. The Balaban J connectivity index is 1.90. The van der Waals surface area contributed by atoms with Crippen molar-refractivity contribution >= 4 is 11.7 Å². The van der Waals surface area contributed by atoms with Gasteiger partial charge in [0.1, 0.15) is 0 Å². The van der Waals surface area contributed by atoms with Crippen molar-refractivity contribution in [1.29, 1.82) is 0 Å². The minimum absolute atomic E-state index is 0.524. The zero-order chi connectivity index (χ0) is 13.7. The number of urea groups is 1. The van der Waals surface area contributed by atoms with Gasteiger partial charge in [0.2, 0.25) is 0 Å². The predicted octanol–water partition coefficient (Wildman–Crippen LogP) is 1.36. The molecule has 0 unspecified atom stereocenters. The number of benzene rings is 1. The molecule has 0 saturated carbocycles. The summed E-state index contributed by atoms with van der Waals surface area (Å²) in [4.78, 5) is 13.2. The summed E-state index contributed by atoms with van der Waals surface area (Å²) in [6.45, 7) is 6.72. The van der Waals surface area contributed by atoms with E-state index < -0.39 is 6.03 Å². The highest BCUT2D eigenvalue weighted by Gasteiger charge is 2.10. The van der Waals surface area contributed by atoms with Gasteiger partial charge in [-0.3, -0.25) is 4.90 Å². The number of aryl methyl sites for hydroxylation is 1. The van der Waals surface area contributed by atoms with Gasteiger partial charge in [0.15, 0.2) is 0 Å². The van der Waals surface area contributed by atoms with Crippen LogP contribution in [0.4, 0.5) is 10.5 Å². The van der Waals surface area contributed by atoms with E-state index in [9.17, 15) is 4.79 Å². The summed E-state index contributed by atoms with van der Waals surface area (Å²) in [5.41, 5.74) is 8.22. The van der Waals surface area contributed by atoms with Crippen molar-refractivity contribution in [3.63, 3.8) is 0 Å². The average Bonchev–Trinajstić information content (AvgIpc) is 2.40. The molecular weight excluding hydrogens is 242 g/mol. The van der Waals surface area contributed by atoms with E-state index in [4.69, 9.17) is 10.5 Å². The molecule has 0 bridgehead atoms. The molecular formula is C14H21N3O2. The van der Waals surface area contributed by atoms with E-state index in [1.165, 1.54) is 5.56 Å². The van der Waals surface area contributed by atoms with Crippen molar-refractivity contribution in [1.82, 2.24) is 4.90 Å². The highest BCUT2D eigenvalue weighted by atomic mass is 16.5. The third-order valence-corrected chi connectivity index (χ3v) is 3.37. The van der Waals surface area contributed by atoms with Gasteiger partial charge in [-0.2, -0.15) is 0 Å². The third kappa shape index (κ3) is 4.22. The van der Waals surface area contributed by atoms with Crippen LogP contribution in [-0.4, -0.2) is 43.8 Å². The largest absolute Gasteiger partial charge is 0.379 e. The summed E-state index contributed by atoms with van der Waals surface area (Å²) >= 11 is 0. The lowest BCUT2D eigenvalue weighted by Crippen LogP contribution is -2.37. The molecule has 1 fully saturated rings. The molecule has 0 atom stereocenters. The van der Waals surface area contributed by atoms with Gasteiger partial charge < -0.3 is 15.8 Å². The number of nitrogens with two attached hydrogens (primary N) is 1. The second kappa shape index (κ2) is 6.54. The molecule has 2 amide bonds. The number of anilines is 1. The van der Waals surface area contributed by atoms with Crippen LogP contribution >= 0.6 is 0 Å². The first-order valence-corrected chi connectivity index (χ1v) is 6.61. The number of ether oxygens (including phenoxy) is 1. The maximum Gasteiger partial charge on any atom is 0.316 e. The molecule has 1 aromatic carbocycles. The number of rotatable bonds is 4. The van der Waals surface area contributed by atoms with Crippen LogP contribution in [0.1, 0.15) is 11.1 Å². The molecule has 2 rings (SSSR count). The van der Waals surface area contributed by atoms with Crippen LogP contribution in [0, 0.1) is 6.92 Å². The van der Waals surface area contributed by atoms with Crippen molar-refractivity contribution in [2.24, 2.45) is 5.73 Å². The fraction of sp³-hybridized carbons (Fsp3) is 0.500. The Bertz CT molecular complexity index is 442. The number of primary amides is 1. The first kappa shape index (κ1) is 13.8. The van der Waals surface area contributed by atoms with Crippen LogP contribution in [0.15, 0.2) is 18.2 Å². The van der Waals surface area contributed by atoms with Gasteiger partial charge in [-0.1, -0.05) is 12.1 Å². The average molecular weight is 263 g/mol. The number of nitrogens with one attached hydrogen (secondary N) is 1. The van der Waals surface area contributed by atoms with E-state index in [1.54, 1.807) is 0 Å². The molecule has 1 aliphatic heterocycles. The smallest absolute Gasteiger partial charge is 0.316 e. The highest BCUT2D eigenvalue weighted by molar-refractivity contribution is 5.88. The minimum Gasteiger partial charge on any atom is -0.379 e. The molecule has 104 valence electrons. The predicted molar refractivity (Wildman–Crippen MR) is 75.3 cm³/mol. The molecule has 0 radical (unpaired) electrons. The van der Waals surface area contributed by atoms with Gasteiger partial charge in [-0.15, -0.1) is 0 Å². The van der Waals surface area contributed by atoms with Crippen LogP contribution in [0.3, 0.4) is 0 Å². The fourth-order valence-corrected chi connectivity index (χ4v) is 2.27. The molecule has 0 aliphatic carbocycles. The molecule has 0 aromatic heterocycles. The van der Waals surface area contributed by atoms with Crippen molar-refractivity contribution in [3.05, 3.63) is 29.3 Å². The first-order chi connectivity index (χ1) is 9.15. The molecule has 1 aliphatic rings. The topological polar surface area (TPSA) is 67.6 Å². The summed E-state index contributed by atoms with van der Waals surface area (Å²) in [6.07, 6.45) is 1.01. The third-order valence-electron chi connectivity index (χ3n) is 3.37. The van der Waals surface area contributed by atoms with E-state index in [0.29, 0.717) is 0 Å². The SMILES string of the molecule is Cc1cc(CCN2CCOCC2)ccc1NC(N)=O. The van der Waals surface area contributed by atoms with Gasteiger partial charge in [0, 0.05) is 25.3 Å². The zero-order valence-corrected chi connectivity index (χ0v) is 11.3. The second-order valence-corrected chi connectivity index (χ2v) is 4.84. The molecule has 5 heteroatoms. The van der Waals surface area contributed by atoms with Crippen LogP contribution in [0.2, 0.25) is 0 Å². The molecule has 19 heavy (non-hydrogen) atoms. The molecule has 0 spiro atoms. The highest BCUT2D eigenvalue weighted by Crippen LogP contribution is 2.17. The van der Waals surface area contributed by atoms with Crippen molar-refractivity contribution in [2.45, 2.75) is 13.3 Å². The molecule has 1 heterocycles. The van der Waals surface area contributed by atoms with Gasteiger partial charge >= 0.3 is 6.03 Å². The van der Waals surface area contributed by atoms with E-state index in [0.717, 1.165) is 50.5 Å². The Hall–Kier alpha value is -1.59. The Morgan fingerprint density at radius 2 is 2.16 bits per heavy atom. The van der Waals surface area contributed by atoms with Crippen molar-refractivity contribution < 1.29 is 9.53 Å². The Kier molecular flexibility index (Phi) is 4.76. The maximum absolute atomic E-state index is 10.8. The van der Waals surface area contributed by atoms with E-state index in [-0.39, 0.29) is 0 Å². The lowest BCUT2D eigenvalue weighted by molar-refractivity contribution is 0.0384. The van der Waals surface area contributed by atoms with Gasteiger partial charge in [0.05, 0.1) is 13.2 Å². The van der Waals surface area contributed by atoms with Crippen LogP contribution in [0.25, 0.3) is 0 Å². The van der Waals surface area contributed by atoms with E-state index in [1.807, 2.05) is 19.1 Å². The summed E-state index contributed by atoms with van der Waals surface area (Å²) < 4.78 is 5.33. The van der Waals surface area contributed by atoms with E-state index in [2.05, 4.69) is 16.3 Å². The van der Waals surface area contributed by atoms with Crippen molar-refractivity contribution in [2.75, 3.05) is 38.2 Å². The Morgan fingerprint density at radius 1 is 1.42 bits per heavy atom. The number of amides is 2. The quantitative estimate of drug-likeness (QED) is 0.862. The first-order valence-electron chi connectivity index (χ1n) is 6.61. The Labute approximate surface area is 113 Å². The van der Waals surface area contributed by atoms with Crippen molar-refractivity contribution in [3.8, 4) is 0 Å². The number of hydrogen-bond acceptors (Lipinski definition) is 3. The zero-order valence-electron chi connectivity index (χ0n) is 11.3. The number of nitrogens with zero attached hydrogens (tertiary/aromatic N) is 1. The number of morpholine rings is 1. The Morgan fingerprint density at radius 3 is 2.79 bits per heavy atom. The monoisotopic (exact) mass is 263 g/mol. The summed E-state index contributed by atoms with van der Waals surface area (Å²) in [5.74, 6) is 0. The summed E-state index contributed by atoms with van der Waals surface area (Å²) in [6, 6.07) is 5.53. The summed E-state index contributed by atoms with van der Waals surface area (Å²) in [7, 11) is 0. The molecule has 1 saturated heterocycles.